The molecule has 0 bridgehead atoms. The number of anilines is 1. The van der Waals surface area contributed by atoms with Crippen LogP contribution in [0.2, 0.25) is 0 Å². The van der Waals surface area contributed by atoms with E-state index in [1.165, 1.54) is 11.1 Å². The summed E-state index contributed by atoms with van der Waals surface area (Å²) in [4.78, 5) is 2.35. The quantitative estimate of drug-likeness (QED) is 0.591. The molecule has 0 unspecified atom stereocenters. The van der Waals surface area contributed by atoms with Crippen molar-refractivity contribution < 1.29 is 14.2 Å². The second-order valence-corrected chi connectivity index (χ2v) is 6.98. The zero-order chi connectivity index (χ0) is 20.1. The Morgan fingerprint density at radius 2 is 1.79 bits per heavy atom. The van der Waals surface area contributed by atoms with Crippen molar-refractivity contribution in [3.63, 3.8) is 0 Å². The summed E-state index contributed by atoms with van der Waals surface area (Å²) in [5.41, 5.74) is 3.65. The van der Waals surface area contributed by atoms with E-state index in [0.29, 0.717) is 24.5 Å². The third kappa shape index (κ3) is 4.19. The van der Waals surface area contributed by atoms with E-state index in [4.69, 9.17) is 14.2 Å². The predicted molar refractivity (Wildman–Crippen MR) is 115 cm³/mol. The molecule has 148 valence electrons. The largest absolute Gasteiger partial charge is 0.490 e. The molecule has 0 amide bonds. The second kappa shape index (κ2) is 8.95. The molecule has 4 rings (SSSR count). The lowest BCUT2D eigenvalue weighted by atomic mass is 9.97. The van der Waals surface area contributed by atoms with Gasteiger partial charge in [-0.2, -0.15) is 5.26 Å². The molecule has 3 aromatic carbocycles. The number of morpholine rings is 1. The van der Waals surface area contributed by atoms with Crippen LogP contribution < -0.4 is 9.64 Å². The van der Waals surface area contributed by atoms with Crippen molar-refractivity contribution >= 4 is 16.5 Å². The average Bonchev–Trinajstić information content (AvgIpc) is 2.79. The van der Waals surface area contributed by atoms with Gasteiger partial charge in [-0.25, -0.2) is 0 Å². The van der Waals surface area contributed by atoms with Gasteiger partial charge in [-0.1, -0.05) is 30.3 Å². The summed E-state index contributed by atoms with van der Waals surface area (Å²) in [6.45, 7) is 4.29. The molecule has 0 aromatic heterocycles. The fourth-order valence-corrected chi connectivity index (χ4v) is 3.66. The van der Waals surface area contributed by atoms with Crippen molar-refractivity contribution in [3.05, 3.63) is 60.2 Å². The first-order valence-corrected chi connectivity index (χ1v) is 9.82. The Labute approximate surface area is 171 Å². The zero-order valence-electron chi connectivity index (χ0n) is 16.6. The number of hydrogen-bond acceptors (Lipinski definition) is 5. The van der Waals surface area contributed by atoms with Gasteiger partial charge in [0.2, 0.25) is 0 Å². The predicted octanol–water partition coefficient (Wildman–Crippen LogP) is 4.24. The van der Waals surface area contributed by atoms with Gasteiger partial charge in [-0.3, -0.25) is 0 Å². The molecule has 5 nitrogen and oxygen atoms in total. The van der Waals surface area contributed by atoms with Crippen LogP contribution in [0.5, 0.6) is 5.75 Å². The van der Waals surface area contributed by atoms with Gasteiger partial charge in [0.05, 0.1) is 19.8 Å². The van der Waals surface area contributed by atoms with Crippen LogP contribution in [0.15, 0.2) is 54.6 Å². The van der Waals surface area contributed by atoms with Crippen LogP contribution in [0.1, 0.15) is 5.56 Å². The number of rotatable bonds is 6. The Bertz CT molecular complexity index is 1040. The van der Waals surface area contributed by atoms with Crippen molar-refractivity contribution in [2.75, 3.05) is 51.5 Å². The van der Waals surface area contributed by atoms with E-state index < -0.39 is 0 Å². The van der Waals surface area contributed by atoms with Crippen LogP contribution in [0.3, 0.4) is 0 Å². The smallest absolute Gasteiger partial charge is 0.137 e. The second-order valence-electron chi connectivity index (χ2n) is 6.98. The minimum Gasteiger partial charge on any atom is -0.490 e. The van der Waals surface area contributed by atoms with E-state index in [2.05, 4.69) is 47.4 Å². The van der Waals surface area contributed by atoms with E-state index >= 15 is 0 Å². The van der Waals surface area contributed by atoms with E-state index in [9.17, 15) is 5.26 Å². The summed E-state index contributed by atoms with van der Waals surface area (Å²) in [5, 5.41) is 12.1. The number of hydrogen-bond donors (Lipinski definition) is 0. The average molecular weight is 388 g/mol. The number of nitrogens with zero attached hydrogens (tertiary/aromatic N) is 2. The molecule has 0 atom stereocenters. The van der Waals surface area contributed by atoms with Crippen molar-refractivity contribution in [3.8, 4) is 22.9 Å². The molecule has 0 radical (unpaired) electrons. The lowest BCUT2D eigenvalue weighted by Crippen LogP contribution is -2.36. The Morgan fingerprint density at radius 3 is 2.59 bits per heavy atom. The van der Waals surface area contributed by atoms with Gasteiger partial charge in [0.1, 0.15) is 24.0 Å². The summed E-state index contributed by atoms with van der Waals surface area (Å²) in [5.74, 6) is 0.588. The van der Waals surface area contributed by atoms with E-state index in [1.54, 1.807) is 7.11 Å². The topological polar surface area (TPSA) is 54.7 Å². The van der Waals surface area contributed by atoms with E-state index in [-0.39, 0.29) is 0 Å². The normalized spacial score (nSPS) is 14.0. The summed E-state index contributed by atoms with van der Waals surface area (Å²) < 4.78 is 16.2. The Kier molecular flexibility index (Phi) is 5.95. The monoisotopic (exact) mass is 388 g/mol. The maximum atomic E-state index is 9.73. The molecule has 1 heterocycles. The third-order valence-corrected chi connectivity index (χ3v) is 5.19. The molecule has 1 aliphatic rings. The highest BCUT2D eigenvalue weighted by molar-refractivity contribution is 5.91. The van der Waals surface area contributed by atoms with Crippen molar-refractivity contribution in [1.82, 2.24) is 0 Å². The molecule has 3 aromatic rings. The Morgan fingerprint density at radius 1 is 1.00 bits per heavy atom. The molecule has 5 heteroatoms. The number of methoxy groups -OCH3 is 1. The Balaban J connectivity index is 1.66. The van der Waals surface area contributed by atoms with Gasteiger partial charge in [-0.05, 0) is 40.6 Å². The molecule has 0 saturated carbocycles. The SMILES string of the molecule is COCCOc1cccc(-c2ccc3cc(N4CCOCC4)ccc3c2)c1C#N. The molecule has 1 saturated heterocycles. The molecular formula is C24H24N2O3. The lowest BCUT2D eigenvalue weighted by Gasteiger charge is -2.29. The molecule has 0 N–H and O–H groups in total. The van der Waals surface area contributed by atoms with Crippen LogP contribution in [0.4, 0.5) is 5.69 Å². The van der Waals surface area contributed by atoms with Gasteiger partial charge in [-0.15, -0.1) is 0 Å². The van der Waals surface area contributed by atoms with Gasteiger partial charge < -0.3 is 19.1 Å². The maximum Gasteiger partial charge on any atom is 0.137 e. The fourth-order valence-electron chi connectivity index (χ4n) is 3.66. The van der Waals surface area contributed by atoms with Gasteiger partial charge in [0, 0.05) is 31.5 Å². The van der Waals surface area contributed by atoms with Crippen LogP contribution in [0.25, 0.3) is 21.9 Å². The maximum absolute atomic E-state index is 9.73. The first kappa shape index (κ1) is 19.3. The summed E-state index contributed by atoms with van der Waals surface area (Å²) in [6.07, 6.45) is 0. The van der Waals surface area contributed by atoms with Crippen LogP contribution >= 0.6 is 0 Å². The first-order valence-electron chi connectivity index (χ1n) is 9.82. The van der Waals surface area contributed by atoms with Crippen molar-refractivity contribution in [1.29, 1.82) is 5.26 Å². The van der Waals surface area contributed by atoms with Crippen LogP contribution in [0, 0.1) is 11.3 Å². The molecular weight excluding hydrogens is 364 g/mol. The van der Waals surface area contributed by atoms with Crippen molar-refractivity contribution in [2.24, 2.45) is 0 Å². The van der Waals surface area contributed by atoms with Crippen molar-refractivity contribution in [2.45, 2.75) is 0 Å². The summed E-state index contributed by atoms with van der Waals surface area (Å²) in [7, 11) is 1.63. The van der Waals surface area contributed by atoms with E-state index in [1.807, 2.05) is 18.2 Å². The number of fused-ring (bicyclic) bond motifs is 1. The van der Waals surface area contributed by atoms with Crippen LogP contribution in [-0.2, 0) is 9.47 Å². The molecule has 0 spiro atoms. The first-order chi connectivity index (χ1) is 14.3. The number of benzene rings is 3. The van der Waals surface area contributed by atoms with Gasteiger partial charge in [0.15, 0.2) is 0 Å². The molecule has 1 fully saturated rings. The number of nitriles is 1. The minimum absolute atomic E-state index is 0.413. The lowest BCUT2D eigenvalue weighted by molar-refractivity contribution is 0.122. The molecule has 0 aliphatic carbocycles. The van der Waals surface area contributed by atoms with Gasteiger partial charge in [0.25, 0.3) is 0 Å². The zero-order valence-corrected chi connectivity index (χ0v) is 16.6. The molecule has 29 heavy (non-hydrogen) atoms. The van der Waals surface area contributed by atoms with Crippen LogP contribution in [-0.4, -0.2) is 46.6 Å². The van der Waals surface area contributed by atoms with Gasteiger partial charge >= 0.3 is 0 Å². The summed E-state index contributed by atoms with van der Waals surface area (Å²) >= 11 is 0. The fraction of sp³-hybridized carbons (Fsp3) is 0.292. The Hall–Kier alpha value is -3.07. The number of ether oxygens (including phenoxy) is 3. The highest BCUT2D eigenvalue weighted by atomic mass is 16.5. The highest BCUT2D eigenvalue weighted by Crippen LogP contribution is 2.33. The standard InChI is InChI=1S/C24H24N2O3/c1-27-13-14-29-24-4-2-3-22(23(24)17-25)20-6-5-19-16-21(8-7-18(19)15-20)26-9-11-28-12-10-26/h2-8,15-16H,9-14H2,1H3. The minimum atomic E-state index is 0.413. The third-order valence-electron chi connectivity index (χ3n) is 5.19. The molecule has 1 aliphatic heterocycles. The highest BCUT2D eigenvalue weighted by Gasteiger charge is 2.14. The summed E-state index contributed by atoms with van der Waals surface area (Å²) in [6, 6.07) is 20.9. The van der Waals surface area contributed by atoms with E-state index in [0.717, 1.165) is 42.8 Å².